The summed E-state index contributed by atoms with van der Waals surface area (Å²) in [6.07, 6.45) is 5.54. The Hall–Kier alpha value is -2.00. The first-order valence-corrected chi connectivity index (χ1v) is 6.66. The summed E-state index contributed by atoms with van der Waals surface area (Å²) >= 11 is 0. The Balaban J connectivity index is 1.92. The van der Waals surface area contributed by atoms with E-state index in [0.29, 0.717) is 0 Å². The molecular formula is C16H18N2O. The summed E-state index contributed by atoms with van der Waals surface area (Å²) in [7, 11) is 0. The Kier molecular flexibility index (Phi) is 3.13. The summed E-state index contributed by atoms with van der Waals surface area (Å²) in [6, 6.07) is 10.2. The molecule has 3 nitrogen and oxygen atoms in total. The topological polar surface area (TPSA) is 55.0 Å². The number of benzene rings is 1. The second-order valence-electron chi connectivity index (χ2n) is 4.87. The zero-order valence-corrected chi connectivity index (χ0v) is 11.0. The number of nitrogens with one attached hydrogen (secondary N) is 1. The van der Waals surface area contributed by atoms with Crippen LogP contribution in [-0.2, 0) is 12.8 Å². The minimum Gasteiger partial charge on any atom is -0.468 e. The maximum absolute atomic E-state index is 6.18. The van der Waals surface area contributed by atoms with Crippen LogP contribution < -0.4 is 5.73 Å². The highest BCUT2D eigenvalue weighted by atomic mass is 16.3. The number of H-pyrrole nitrogens is 1. The summed E-state index contributed by atoms with van der Waals surface area (Å²) < 4.78 is 5.37. The lowest BCUT2D eigenvalue weighted by Crippen LogP contribution is -2.12. The van der Waals surface area contributed by atoms with Gasteiger partial charge in [-0.3, -0.25) is 0 Å². The van der Waals surface area contributed by atoms with Crippen LogP contribution in [0.25, 0.3) is 10.9 Å². The number of rotatable bonds is 4. The Morgan fingerprint density at radius 2 is 2.21 bits per heavy atom. The van der Waals surface area contributed by atoms with Gasteiger partial charge in [0.15, 0.2) is 0 Å². The van der Waals surface area contributed by atoms with E-state index in [1.54, 1.807) is 6.26 Å². The highest BCUT2D eigenvalue weighted by Crippen LogP contribution is 2.24. The molecule has 0 radical (unpaired) electrons. The Labute approximate surface area is 112 Å². The van der Waals surface area contributed by atoms with Gasteiger partial charge in [-0.05, 0) is 48.2 Å². The fourth-order valence-electron chi connectivity index (χ4n) is 2.45. The fourth-order valence-corrected chi connectivity index (χ4v) is 2.45. The quantitative estimate of drug-likeness (QED) is 0.748. The molecule has 0 spiro atoms. The van der Waals surface area contributed by atoms with Gasteiger partial charge in [0.2, 0.25) is 0 Å². The second-order valence-corrected chi connectivity index (χ2v) is 4.87. The summed E-state index contributed by atoms with van der Waals surface area (Å²) in [5.74, 6) is 0.834. The summed E-state index contributed by atoms with van der Waals surface area (Å²) in [4.78, 5) is 3.30. The van der Waals surface area contributed by atoms with Gasteiger partial charge in [-0.1, -0.05) is 13.0 Å². The first-order chi connectivity index (χ1) is 9.28. The normalized spacial score (nSPS) is 12.9. The van der Waals surface area contributed by atoms with Crippen molar-refractivity contribution >= 4 is 10.9 Å². The lowest BCUT2D eigenvalue weighted by atomic mass is 10.0. The molecule has 0 bridgehead atoms. The van der Waals surface area contributed by atoms with E-state index in [0.717, 1.165) is 18.6 Å². The van der Waals surface area contributed by atoms with Gasteiger partial charge in [-0.15, -0.1) is 0 Å². The maximum atomic E-state index is 6.18. The van der Waals surface area contributed by atoms with Crippen molar-refractivity contribution in [1.82, 2.24) is 4.98 Å². The summed E-state index contributed by atoms with van der Waals surface area (Å²) in [5, 5.41) is 1.27. The third-order valence-electron chi connectivity index (χ3n) is 3.59. The van der Waals surface area contributed by atoms with Gasteiger partial charge in [0, 0.05) is 17.1 Å². The third-order valence-corrected chi connectivity index (χ3v) is 3.59. The van der Waals surface area contributed by atoms with Crippen molar-refractivity contribution in [2.24, 2.45) is 5.73 Å². The first-order valence-electron chi connectivity index (χ1n) is 6.66. The molecule has 98 valence electrons. The van der Waals surface area contributed by atoms with Crippen molar-refractivity contribution in [3.63, 3.8) is 0 Å². The van der Waals surface area contributed by atoms with E-state index in [9.17, 15) is 0 Å². The molecule has 2 aromatic heterocycles. The van der Waals surface area contributed by atoms with Crippen LogP contribution in [0.4, 0.5) is 0 Å². The lowest BCUT2D eigenvalue weighted by Gasteiger charge is -2.08. The third kappa shape index (κ3) is 2.29. The van der Waals surface area contributed by atoms with E-state index < -0.39 is 0 Å². The van der Waals surface area contributed by atoms with Gasteiger partial charge < -0.3 is 15.1 Å². The molecule has 1 unspecified atom stereocenters. The van der Waals surface area contributed by atoms with Gasteiger partial charge in [-0.2, -0.15) is 0 Å². The molecule has 19 heavy (non-hydrogen) atoms. The largest absolute Gasteiger partial charge is 0.468 e. The molecule has 0 aliphatic rings. The first kappa shape index (κ1) is 12.1. The Morgan fingerprint density at radius 1 is 1.32 bits per heavy atom. The second kappa shape index (κ2) is 4.94. The molecule has 2 heterocycles. The predicted molar refractivity (Wildman–Crippen MR) is 77.0 cm³/mol. The monoisotopic (exact) mass is 254 g/mol. The predicted octanol–water partition coefficient (Wildman–Crippen LogP) is 3.57. The standard InChI is InChI=1S/C16H18N2O/c1-2-11-5-6-15-13(8-11)12(10-18-15)9-14(17)16-4-3-7-19-16/h3-8,10,14,18H,2,9,17H2,1H3. The van der Waals surface area contributed by atoms with Gasteiger partial charge in [-0.25, -0.2) is 0 Å². The van der Waals surface area contributed by atoms with Gasteiger partial charge in [0.25, 0.3) is 0 Å². The van der Waals surface area contributed by atoms with Crippen LogP contribution in [0.3, 0.4) is 0 Å². The molecule has 0 saturated carbocycles. The minimum atomic E-state index is -0.0979. The average Bonchev–Trinajstić information content (AvgIpc) is 3.08. The summed E-state index contributed by atoms with van der Waals surface area (Å²) in [5.41, 5.74) is 9.94. The highest BCUT2D eigenvalue weighted by Gasteiger charge is 2.13. The smallest absolute Gasteiger partial charge is 0.120 e. The zero-order valence-electron chi connectivity index (χ0n) is 11.0. The molecule has 1 aromatic carbocycles. The van der Waals surface area contributed by atoms with E-state index in [2.05, 4.69) is 30.1 Å². The lowest BCUT2D eigenvalue weighted by molar-refractivity contribution is 0.465. The molecular weight excluding hydrogens is 236 g/mol. The zero-order chi connectivity index (χ0) is 13.2. The number of aromatic nitrogens is 1. The molecule has 3 N–H and O–H groups in total. The number of hydrogen-bond acceptors (Lipinski definition) is 2. The fraction of sp³-hybridized carbons (Fsp3) is 0.250. The number of fused-ring (bicyclic) bond motifs is 1. The maximum Gasteiger partial charge on any atom is 0.120 e. The van der Waals surface area contributed by atoms with Crippen LogP contribution in [0.2, 0.25) is 0 Å². The van der Waals surface area contributed by atoms with E-state index >= 15 is 0 Å². The van der Waals surface area contributed by atoms with E-state index in [1.807, 2.05) is 18.3 Å². The van der Waals surface area contributed by atoms with Crippen LogP contribution >= 0.6 is 0 Å². The van der Waals surface area contributed by atoms with Crippen molar-refractivity contribution in [3.05, 3.63) is 59.7 Å². The van der Waals surface area contributed by atoms with Crippen LogP contribution in [0, 0.1) is 0 Å². The van der Waals surface area contributed by atoms with Crippen molar-refractivity contribution in [2.45, 2.75) is 25.8 Å². The molecule has 0 aliphatic carbocycles. The number of furan rings is 1. The van der Waals surface area contributed by atoms with Crippen molar-refractivity contribution < 1.29 is 4.42 Å². The van der Waals surface area contributed by atoms with E-state index in [-0.39, 0.29) is 6.04 Å². The molecule has 0 amide bonds. The molecule has 0 fully saturated rings. The van der Waals surface area contributed by atoms with Gasteiger partial charge >= 0.3 is 0 Å². The molecule has 1 atom stereocenters. The van der Waals surface area contributed by atoms with E-state index in [1.165, 1.54) is 22.0 Å². The number of aromatic amines is 1. The SMILES string of the molecule is CCc1ccc2[nH]cc(CC(N)c3ccco3)c2c1. The molecule has 0 aliphatic heterocycles. The highest BCUT2D eigenvalue weighted by molar-refractivity contribution is 5.84. The molecule has 3 rings (SSSR count). The van der Waals surface area contributed by atoms with Gasteiger partial charge in [0.1, 0.15) is 5.76 Å². The van der Waals surface area contributed by atoms with Crippen LogP contribution in [0.15, 0.2) is 47.2 Å². The van der Waals surface area contributed by atoms with E-state index in [4.69, 9.17) is 10.2 Å². The number of nitrogens with two attached hydrogens (primary N) is 1. The Bertz CT molecular complexity index is 667. The van der Waals surface area contributed by atoms with Gasteiger partial charge in [0.05, 0.1) is 12.3 Å². The number of aryl methyl sites for hydroxylation is 1. The molecule has 3 heteroatoms. The average molecular weight is 254 g/mol. The number of hydrogen-bond donors (Lipinski definition) is 2. The summed E-state index contributed by atoms with van der Waals surface area (Å²) in [6.45, 7) is 2.17. The van der Waals surface area contributed by atoms with Crippen LogP contribution in [-0.4, -0.2) is 4.98 Å². The Morgan fingerprint density at radius 3 is 2.95 bits per heavy atom. The van der Waals surface area contributed by atoms with Crippen molar-refractivity contribution in [2.75, 3.05) is 0 Å². The minimum absolute atomic E-state index is 0.0979. The van der Waals surface area contributed by atoms with Crippen LogP contribution in [0.5, 0.6) is 0 Å². The van der Waals surface area contributed by atoms with Crippen LogP contribution in [0.1, 0.15) is 29.9 Å². The van der Waals surface area contributed by atoms with Crippen molar-refractivity contribution in [3.8, 4) is 0 Å². The molecule has 3 aromatic rings. The van der Waals surface area contributed by atoms with Crippen molar-refractivity contribution in [1.29, 1.82) is 0 Å². The molecule has 0 saturated heterocycles.